The van der Waals surface area contributed by atoms with Crippen molar-refractivity contribution in [3.63, 3.8) is 0 Å². The Morgan fingerprint density at radius 1 is 0.933 bits per heavy atom. The summed E-state index contributed by atoms with van der Waals surface area (Å²) in [6.45, 7) is 7.08. The summed E-state index contributed by atoms with van der Waals surface area (Å²) in [5, 5.41) is 8.91. The van der Waals surface area contributed by atoms with Gasteiger partial charge < -0.3 is 5.11 Å². The molecule has 0 fully saturated rings. The molecular formula is C14H30O. The monoisotopic (exact) mass is 214 g/mol. The second-order valence-electron chi connectivity index (χ2n) is 4.99. The van der Waals surface area contributed by atoms with Gasteiger partial charge in [-0.05, 0) is 18.3 Å². The molecule has 2 atom stereocenters. The van der Waals surface area contributed by atoms with Gasteiger partial charge in [0.15, 0.2) is 0 Å². The van der Waals surface area contributed by atoms with E-state index in [-0.39, 0.29) is 0 Å². The summed E-state index contributed by atoms with van der Waals surface area (Å²) in [7, 11) is 0. The number of hydrogen-bond acceptors (Lipinski definition) is 1. The standard InChI is InChI=1S/C14H30O/c1-4-6-10-14(5-2)11-8-7-9-13(3)12-15/h13-15H,4-12H2,1-3H3/t13-,14-/m0/s1. The molecule has 0 radical (unpaired) electrons. The minimum Gasteiger partial charge on any atom is -0.396 e. The molecule has 0 saturated carbocycles. The number of unbranched alkanes of at least 4 members (excludes halogenated alkanes) is 2. The van der Waals surface area contributed by atoms with E-state index >= 15 is 0 Å². The Hall–Kier alpha value is -0.0400. The lowest BCUT2D eigenvalue weighted by atomic mass is 9.92. The van der Waals surface area contributed by atoms with Crippen LogP contribution in [0.2, 0.25) is 0 Å². The molecular weight excluding hydrogens is 184 g/mol. The summed E-state index contributed by atoms with van der Waals surface area (Å²) >= 11 is 0. The zero-order valence-electron chi connectivity index (χ0n) is 11.0. The van der Waals surface area contributed by atoms with Crippen molar-refractivity contribution in [2.75, 3.05) is 6.61 Å². The lowest BCUT2D eigenvalue weighted by molar-refractivity contribution is 0.226. The first kappa shape index (κ1) is 15.0. The van der Waals surface area contributed by atoms with Crippen LogP contribution in [0.4, 0.5) is 0 Å². The Morgan fingerprint density at radius 2 is 1.53 bits per heavy atom. The van der Waals surface area contributed by atoms with Gasteiger partial charge in [0, 0.05) is 6.61 Å². The van der Waals surface area contributed by atoms with Crippen LogP contribution >= 0.6 is 0 Å². The van der Waals surface area contributed by atoms with Gasteiger partial charge in [0.05, 0.1) is 0 Å². The van der Waals surface area contributed by atoms with Gasteiger partial charge in [-0.25, -0.2) is 0 Å². The highest BCUT2D eigenvalue weighted by Crippen LogP contribution is 2.20. The summed E-state index contributed by atoms with van der Waals surface area (Å²) in [6.07, 6.45) is 10.7. The Morgan fingerprint density at radius 3 is 2.07 bits per heavy atom. The van der Waals surface area contributed by atoms with Crippen LogP contribution in [0, 0.1) is 11.8 Å². The predicted molar refractivity (Wildman–Crippen MR) is 68.0 cm³/mol. The van der Waals surface area contributed by atoms with Crippen LogP contribution in [0.3, 0.4) is 0 Å². The molecule has 0 spiro atoms. The van der Waals surface area contributed by atoms with Crippen molar-refractivity contribution in [3.05, 3.63) is 0 Å². The molecule has 0 rings (SSSR count). The van der Waals surface area contributed by atoms with Crippen molar-refractivity contribution in [1.29, 1.82) is 0 Å². The third kappa shape index (κ3) is 8.92. The van der Waals surface area contributed by atoms with Gasteiger partial charge in [-0.2, -0.15) is 0 Å². The lowest BCUT2D eigenvalue weighted by Crippen LogP contribution is -2.02. The zero-order valence-corrected chi connectivity index (χ0v) is 11.0. The lowest BCUT2D eigenvalue weighted by Gasteiger charge is -2.14. The van der Waals surface area contributed by atoms with Crippen molar-refractivity contribution >= 4 is 0 Å². The minimum atomic E-state index is 0.354. The van der Waals surface area contributed by atoms with E-state index in [2.05, 4.69) is 20.8 Å². The Balaban J connectivity index is 3.37. The summed E-state index contributed by atoms with van der Waals surface area (Å²) < 4.78 is 0. The molecule has 0 aromatic heterocycles. The maximum absolute atomic E-state index is 8.91. The predicted octanol–water partition coefficient (Wildman–Crippen LogP) is 4.39. The third-order valence-corrected chi connectivity index (χ3v) is 3.41. The zero-order chi connectivity index (χ0) is 11.5. The van der Waals surface area contributed by atoms with Gasteiger partial charge in [0.2, 0.25) is 0 Å². The van der Waals surface area contributed by atoms with Crippen molar-refractivity contribution in [3.8, 4) is 0 Å². The molecule has 0 aliphatic heterocycles. The Labute approximate surface area is 96.3 Å². The maximum atomic E-state index is 8.91. The van der Waals surface area contributed by atoms with Gasteiger partial charge in [-0.15, -0.1) is 0 Å². The van der Waals surface area contributed by atoms with Gasteiger partial charge in [-0.3, -0.25) is 0 Å². The molecule has 0 bridgehead atoms. The smallest absolute Gasteiger partial charge is 0.0456 e. The fourth-order valence-electron chi connectivity index (χ4n) is 2.06. The van der Waals surface area contributed by atoms with Gasteiger partial charge >= 0.3 is 0 Å². The van der Waals surface area contributed by atoms with Crippen LogP contribution in [0.5, 0.6) is 0 Å². The van der Waals surface area contributed by atoms with Gasteiger partial charge in [0.1, 0.15) is 0 Å². The summed E-state index contributed by atoms with van der Waals surface area (Å²) in [5.41, 5.74) is 0. The largest absolute Gasteiger partial charge is 0.396 e. The molecule has 0 saturated heterocycles. The average molecular weight is 214 g/mol. The van der Waals surface area contributed by atoms with Gasteiger partial charge in [-0.1, -0.05) is 65.7 Å². The molecule has 0 aromatic rings. The van der Waals surface area contributed by atoms with Crippen molar-refractivity contribution in [2.24, 2.45) is 11.8 Å². The molecule has 0 aliphatic rings. The second kappa shape index (κ2) is 10.5. The number of aliphatic hydroxyl groups excluding tert-OH is 1. The van der Waals surface area contributed by atoms with E-state index in [4.69, 9.17) is 5.11 Å². The first-order valence-corrected chi connectivity index (χ1v) is 6.85. The Bertz CT molecular complexity index is 123. The molecule has 0 aromatic carbocycles. The van der Waals surface area contributed by atoms with Crippen LogP contribution in [-0.2, 0) is 0 Å². The normalized spacial score (nSPS) is 15.2. The van der Waals surface area contributed by atoms with E-state index in [9.17, 15) is 0 Å². The molecule has 1 nitrogen and oxygen atoms in total. The third-order valence-electron chi connectivity index (χ3n) is 3.41. The summed E-state index contributed by atoms with van der Waals surface area (Å²) in [4.78, 5) is 0. The molecule has 1 heteroatoms. The van der Waals surface area contributed by atoms with Crippen LogP contribution < -0.4 is 0 Å². The fourth-order valence-corrected chi connectivity index (χ4v) is 2.06. The number of rotatable bonds is 10. The number of aliphatic hydroxyl groups is 1. The first-order valence-electron chi connectivity index (χ1n) is 6.85. The van der Waals surface area contributed by atoms with E-state index in [0.717, 1.165) is 5.92 Å². The summed E-state index contributed by atoms with van der Waals surface area (Å²) in [6, 6.07) is 0. The van der Waals surface area contributed by atoms with Gasteiger partial charge in [0.25, 0.3) is 0 Å². The summed E-state index contributed by atoms with van der Waals surface area (Å²) in [5.74, 6) is 1.45. The van der Waals surface area contributed by atoms with E-state index in [1.165, 1.54) is 51.4 Å². The second-order valence-corrected chi connectivity index (χ2v) is 4.99. The van der Waals surface area contributed by atoms with E-state index in [1.54, 1.807) is 0 Å². The molecule has 0 aliphatic carbocycles. The topological polar surface area (TPSA) is 20.2 Å². The van der Waals surface area contributed by atoms with Crippen LogP contribution in [-0.4, -0.2) is 11.7 Å². The SMILES string of the molecule is CCCC[C@H](CC)CCCC[C@H](C)CO. The molecule has 15 heavy (non-hydrogen) atoms. The molecule has 0 unspecified atom stereocenters. The highest BCUT2D eigenvalue weighted by Gasteiger charge is 2.06. The van der Waals surface area contributed by atoms with E-state index in [0.29, 0.717) is 12.5 Å². The average Bonchev–Trinajstić information content (AvgIpc) is 2.27. The minimum absolute atomic E-state index is 0.354. The van der Waals surface area contributed by atoms with Crippen molar-refractivity contribution < 1.29 is 5.11 Å². The molecule has 0 amide bonds. The fraction of sp³-hybridized carbons (Fsp3) is 1.00. The highest BCUT2D eigenvalue weighted by molar-refractivity contribution is 4.59. The number of hydrogen-bond donors (Lipinski definition) is 1. The van der Waals surface area contributed by atoms with Crippen molar-refractivity contribution in [1.82, 2.24) is 0 Å². The first-order chi connectivity index (χ1) is 7.24. The van der Waals surface area contributed by atoms with Crippen LogP contribution in [0.15, 0.2) is 0 Å². The molecule has 0 heterocycles. The van der Waals surface area contributed by atoms with Crippen molar-refractivity contribution in [2.45, 2.75) is 72.1 Å². The Kier molecular flexibility index (Phi) is 10.4. The highest BCUT2D eigenvalue weighted by atomic mass is 16.3. The van der Waals surface area contributed by atoms with E-state index in [1.807, 2.05) is 0 Å². The quantitative estimate of drug-likeness (QED) is 0.535. The molecule has 92 valence electrons. The molecule has 1 N–H and O–H groups in total. The van der Waals surface area contributed by atoms with Crippen LogP contribution in [0.1, 0.15) is 72.1 Å². The maximum Gasteiger partial charge on any atom is 0.0456 e. The van der Waals surface area contributed by atoms with E-state index < -0.39 is 0 Å². The van der Waals surface area contributed by atoms with Crippen LogP contribution in [0.25, 0.3) is 0 Å².